The lowest BCUT2D eigenvalue weighted by molar-refractivity contribution is -0.127. The van der Waals surface area contributed by atoms with Crippen LogP contribution in [0.4, 0.5) is 0 Å². The molecule has 94 valence electrons. The third kappa shape index (κ3) is 3.76. The second-order valence-corrected chi connectivity index (χ2v) is 4.67. The minimum atomic E-state index is -0.734. The smallest absolute Gasteiger partial charge is 0.223 e. The standard InChI is InChI=1S/C12H24N2O2/c1-3-12(16,4-2)9-14-11(15)10-5-7-13-8-6-10/h10,13,16H,3-9H2,1-2H3,(H,14,15). The Kier molecular flexibility index (Phi) is 5.22. The second kappa shape index (κ2) is 6.21. The quantitative estimate of drug-likeness (QED) is 0.647. The zero-order valence-electron chi connectivity index (χ0n) is 10.4. The third-order valence-electron chi connectivity index (χ3n) is 3.62. The molecule has 3 N–H and O–H groups in total. The molecule has 1 aliphatic heterocycles. The summed E-state index contributed by atoms with van der Waals surface area (Å²) in [4.78, 5) is 11.8. The van der Waals surface area contributed by atoms with Crippen LogP contribution in [0.15, 0.2) is 0 Å². The highest BCUT2D eigenvalue weighted by molar-refractivity contribution is 5.78. The zero-order valence-corrected chi connectivity index (χ0v) is 10.4. The van der Waals surface area contributed by atoms with E-state index in [0.717, 1.165) is 25.9 Å². The molecule has 0 saturated carbocycles. The van der Waals surface area contributed by atoms with Gasteiger partial charge in [-0.3, -0.25) is 4.79 Å². The highest BCUT2D eigenvalue weighted by Gasteiger charge is 2.26. The molecule has 0 aromatic heterocycles. The molecule has 0 radical (unpaired) electrons. The van der Waals surface area contributed by atoms with Gasteiger partial charge < -0.3 is 15.7 Å². The summed E-state index contributed by atoms with van der Waals surface area (Å²) in [5.41, 5.74) is -0.734. The van der Waals surface area contributed by atoms with Crippen molar-refractivity contribution in [3.8, 4) is 0 Å². The predicted molar refractivity (Wildman–Crippen MR) is 64.1 cm³/mol. The van der Waals surface area contributed by atoms with Crippen LogP contribution in [-0.4, -0.2) is 36.2 Å². The zero-order chi connectivity index (χ0) is 12.0. The van der Waals surface area contributed by atoms with Crippen LogP contribution in [0.2, 0.25) is 0 Å². The molecule has 0 aromatic carbocycles. The van der Waals surface area contributed by atoms with E-state index in [1.54, 1.807) is 0 Å². The summed E-state index contributed by atoms with van der Waals surface area (Å²) in [6.07, 6.45) is 3.16. The van der Waals surface area contributed by atoms with E-state index in [4.69, 9.17) is 0 Å². The minimum absolute atomic E-state index is 0.0989. The van der Waals surface area contributed by atoms with Gasteiger partial charge in [0.2, 0.25) is 5.91 Å². The van der Waals surface area contributed by atoms with Gasteiger partial charge in [-0.25, -0.2) is 0 Å². The summed E-state index contributed by atoms with van der Waals surface area (Å²) in [6.45, 7) is 6.11. The molecule has 0 spiro atoms. The molecule has 0 bridgehead atoms. The topological polar surface area (TPSA) is 61.4 Å². The van der Waals surface area contributed by atoms with Gasteiger partial charge in [0, 0.05) is 12.5 Å². The fourth-order valence-electron chi connectivity index (χ4n) is 1.98. The summed E-state index contributed by atoms with van der Waals surface area (Å²) in [5.74, 6) is 0.223. The van der Waals surface area contributed by atoms with E-state index in [1.165, 1.54) is 0 Å². The Morgan fingerprint density at radius 3 is 2.44 bits per heavy atom. The lowest BCUT2D eigenvalue weighted by Gasteiger charge is -2.28. The normalized spacial score (nSPS) is 18.4. The first-order chi connectivity index (χ1) is 7.61. The summed E-state index contributed by atoms with van der Waals surface area (Å²) in [5, 5.41) is 16.2. The number of hydrogen-bond donors (Lipinski definition) is 3. The molecular weight excluding hydrogens is 204 g/mol. The lowest BCUT2D eigenvalue weighted by atomic mass is 9.95. The summed E-state index contributed by atoms with van der Waals surface area (Å²) < 4.78 is 0. The SMILES string of the molecule is CCC(O)(CC)CNC(=O)C1CCNCC1. The van der Waals surface area contributed by atoms with Gasteiger partial charge in [0.15, 0.2) is 0 Å². The van der Waals surface area contributed by atoms with Crippen molar-refractivity contribution >= 4 is 5.91 Å². The number of rotatable bonds is 5. The summed E-state index contributed by atoms with van der Waals surface area (Å²) in [7, 11) is 0. The van der Waals surface area contributed by atoms with Crippen LogP contribution in [0.3, 0.4) is 0 Å². The first-order valence-corrected chi connectivity index (χ1v) is 6.32. The van der Waals surface area contributed by atoms with Crippen molar-refractivity contribution in [3.63, 3.8) is 0 Å². The van der Waals surface area contributed by atoms with Gasteiger partial charge in [-0.15, -0.1) is 0 Å². The first-order valence-electron chi connectivity index (χ1n) is 6.32. The number of aliphatic hydroxyl groups is 1. The van der Waals surface area contributed by atoms with Crippen molar-refractivity contribution in [1.29, 1.82) is 0 Å². The maximum atomic E-state index is 11.8. The van der Waals surface area contributed by atoms with Crippen LogP contribution < -0.4 is 10.6 Å². The first kappa shape index (κ1) is 13.5. The van der Waals surface area contributed by atoms with Crippen LogP contribution in [0.5, 0.6) is 0 Å². The van der Waals surface area contributed by atoms with Gasteiger partial charge in [0.25, 0.3) is 0 Å². The van der Waals surface area contributed by atoms with E-state index in [1.807, 2.05) is 13.8 Å². The average Bonchev–Trinajstić information content (AvgIpc) is 2.36. The molecule has 1 rings (SSSR count). The maximum Gasteiger partial charge on any atom is 0.223 e. The largest absolute Gasteiger partial charge is 0.388 e. The number of carbonyl (C=O) groups excluding carboxylic acids is 1. The van der Waals surface area contributed by atoms with E-state index in [0.29, 0.717) is 19.4 Å². The Morgan fingerprint density at radius 1 is 1.38 bits per heavy atom. The lowest BCUT2D eigenvalue weighted by Crippen LogP contribution is -2.45. The second-order valence-electron chi connectivity index (χ2n) is 4.67. The average molecular weight is 228 g/mol. The monoisotopic (exact) mass is 228 g/mol. The Labute approximate surface area is 97.8 Å². The van der Waals surface area contributed by atoms with Gasteiger partial charge in [-0.1, -0.05) is 13.8 Å². The van der Waals surface area contributed by atoms with Gasteiger partial charge in [-0.2, -0.15) is 0 Å². The van der Waals surface area contributed by atoms with E-state index in [-0.39, 0.29) is 11.8 Å². The van der Waals surface area contributed by atoms with Crippen molar-refractivity contribution in [2.75, 3.05) is 19.6 Å². The molecule has 0 aliphatic carbocycles. The Morgan fingerprint density at radius 2 is 1.94 bits per heavy atom. The Bertz CT molecular complexity index is 221. The van der Waals surface area contributed by atoms with E-state index >= 15 is 0 Å². The molecule has 0 unspecified atom stereocenters. The number of carbonyl (C=O) groups is 1. The van der Waals surface area contributed by atoms with Crippen molar-refractivity contribution in [2.24, 2.45) is 5.92 Å². The number of nitrogens with one attached hydrogen (secondary N) is 2. The van der Waals surface area contributed by atoms with Crippen molar-refractivity contribution in [1.82, 2.24) is 10.6 Å². The summed E-state index contributed by atoms with van der Waals surface area (Å²) >= 11 is 0. The fourth-order valence-corrected chi connectivity index (χ4v) is 1.98. The van der Waals surface area contributed by atoms with Crippen molar-refractivity contribution in [3.05, 3.63) is 0 Å². The fraction of sp³-hybridized carbons (Fsp3) is 0.917. The van der Waals surface area contributed by atoms with Crippen LogP contribution >= 0.6 is 0 Å². The molecular formula is C12H24N2O2. The number of amides is 1. The van der Waals surface area contributed by atoms with E-state index in [9.17, 15) is 9.90 Å². The molecule has 1 amide bonds. The molecule has 1 heterocycles. The molecule has 0 atom stereocenters. The summed E-state index contributed by atoms with van der Waals surface area (Å²) in [6, 6.07) is 0. The van der Waals surface area contributed by atoms with Crippen LogP contribution in [-0.2, 0) is 4.79 Å². The highest BCUT2D eigenvalue weighted by atomic mass is 16.3. The number of hydrogen-bond acceptors (Lipinski definition) is 3. The van der Waals surface area contributed by atoms with Gasteiger partial charge in [0.05, 0.1) is 5.60 Å². The van der Waals surface area contributed by atoms with Gasteiger partial charge in [-0.05, 0) is 38.8 Å². The maximum absolute atomic E-state index is 11.8. The molecule has 4 heteroatoms. The van der Waals surface area contributed by atoms with Crippen LogP contribution in [0, 0.1) is 5.92 Å². The molecule has 16 heavy (non-hydrogen) atoms. The molecule has 1 aliphatic rings. The molecule has 0 aromatic rings. The molecule has 1 fully saturated rings. The van der Waals surface area contributed by atoms with Crippen molar-refractivity contribution in [2.45, 2.75) is 45.1 Å². The van der Waals surface area contributed by atoms with Gasteiger partial charge >= 0.3 is 0 Å². The number of piperidine rings is 1. The highest BCUT2D eigenvalue weighted by Crippen LogP contribution is 2.15. The predicted octanol–water partition coefficient (Wildman–Crippen LogP) is 0.653. The van der Waals surface area contributed by atoms with Crippen LogP contribution in [0.25, 0.3) is 0 Å². The minimum Gasteiger partial charge on any atom is -0.388 e. The van der Waals surface area contributed by atoms with E-state index < -0.39 is 5.60 Å². The molecule has 1 saturated heterocycles. The Balaban J connectivity index is 2.33. The molecule has 4 nitrogen and oxygen atoms in total. The Hall–Kier alpha value is -0.610. The van der Waals surface area contributed by atoms with E-state index in [2.05, 4.69) is 10.6 Å². The van der Waals surface area contributed by atoms with Crippen molar-refractivity contribution < 1.29 is 9.90 Å². The third-order valence-corrected chi connectivity index (χ3v) is 3.62. The van der Waals surface area contributed by atoms with Gasteiger partial charge in [0.1, 0.15) is 0 Å². The van der Waals surface area contributed by atoms with Crippen LogP contribution in [0.1, 0.15) is 39.5 Å².